The van der Waals surface area contributed by atoms with Gasteiger partial charge in [-0.1, -0.05) is 13.8 Å². The van der Waals surface area contributed by atoms with Crippen LogP contribution in [0.5, 0.6) is 6.01 Å². The van der Waals surface area contributed by atoms with E-state index < -0.39 is 0 Å². The van der Waals surface area contributed by atoms with E-state index in [1.807, 2.05) is 19.9 Å². The lowest BCUT2D eigenvalue weighted by Gasteiger charge is -2.09. The molecule has 0 aliphatic heterocycles. The molecule has 4 heteroatoms. The molecule has 0 atom stereocenters. The second kappa shape index (κ2) is 5.66. The fourth-order valence-electron chi connectivity index (χ4n) is 1.25. The van der Waals surface area contributed by atoms with E-state index in [4.69, 9.17) is 4.74 Å². The molecule has 0 radical (unpaired) electrons. The molecule has 0 saturated carbocycles. The van der Waals surface area contributed by atoms with Crippen molar-refractivity contribution in [3.8, 4) is 6.01 Å². The van der Waals surface area contributed by atoms with Crippen LogP contribution in [0, 0.1) is 13.8 Å². The van der Waals surface area contributed by atoms with Crippen molar-refractivity contribution >= 4 is 0 Å². The van der Waals surface area contributed by atoms with Gasteiger partial charge in [0.1, 0.15) is 6.61 Å². The van der Waals surface area contributed by atoms with Gasteiger partial charge in [0.25, 0.3) is 0 Å². The molecule has 0 unspecified atom stereocenters. The third-order valence-electron chi connectivity index (χ3n) is 1.85. The predicted molar refractivity (Wildman–Crippen MR) is 60.1 cm³/mol. The van der Waals surface area contributed by atoms with E-state index in [9.17, 15) is 0 Å². The highest BCUT2D eigenvalue weighted by atomic mass is 16.5. The molecule has 15 heavy (non-hydrogen) atoms. The van der Waals surface area contributed by atoms with Crippen LogP contribution in [0.25, 0.3) is 0 Å². The molecule has 4 nitrogen and oxygen atoms in total. The average molecular weight is 209 g/mol. The van der Waals surface area contributed by atoms with Gasteiger partial charge in [-0.05, 0) is 19.9 Å². The van der Waals surface area contributed by atoms with Gasteiger partial charge in [-0.25, -0.2) is 9.97 Å². The highest BCUT2D eigenvalue weighted by Gasteiger charge is 2.00. The summed E-state index contributed by atoms with van der Waals surface area (Å²) in [7, 11) is 0. The molecule has 1 aromatic rings. The van der Waals surface area contributed by atoms with Gasteiger partial charge in [0.15, 0.2) is 0 Å². The molecule has 0 bridgehead atoms. The monoisotopic (exact) mass is 209 g/mol. The lowest BCUT2D eigenvalue weighted by molar-refractivity contribution is 0.284. The zero-order chi connectivity index (χ0) is 11.3. The lowest BCUT2D eigenvalue weighted by atomic mass is 10.4. The molecule has 0 saturated heterocycles. The van der Waals surface area contributed by atoms with E-state index in [0.29, 0.717) is 18.7 Å². The molecule has 84 valence electrons. The van der Waals surface area contributed by atoms with Gasteiger partial charge in [0.05, 0.1) is 0 Å². The summed E-state index contributed by atoms with van der Waals surface area (Å²) in [6.45, 7) is 9.50. The van der Waals surface area contributed by atoms with Crippen LogP contribution in [0.3, 0.4) is 0 Å². The Kier molecular flexibility index (Phi) is 4.49. The Morgan fingerprint density at radius 2 is 1.87 bits per heavy atom. The van der Waals surface area contributed by atoms with E-state index in [-0.39, 0.29) is 0 Å². The van der Waals surface area contributed by atoms with Crippen LogP contribution in [0.2, 0.25) is 0 Å². The van der Waals surface area contributed by atoms with Crippen molar-refractivity contribution in [2.45, 2.75) is 33.7 Å². The Balaban J connectivity index is 2.37. The molecule has 0 aromatic carbocycles. The summed E-state index contributed by atoms with van der Waals surface area (Å²) >= 11 is 0. The molecule has 0 amide bonds. The van der Waals surface area contributed by atoms with Crippen LogP contribution >= 0.6 is 0 Å². The van der Waals surface area contributed by atoms with Gasteiger partial charge in [0.2, 0.25) is 0 Å². The molecular weight excluding hydrogens is 190 g/mol. The predicted octanol–water partition coefficient (Wildman–Crippen LogP) is 1.47. The molecule has 1 N–H and O–H groups in total. The van der Waals surface area contributed by atoms with E-state index in [1.54, 1.807) is 0 Å². The van der Waals surface area contributed by atoms with Gasteiger partial charge in [-0.15, -0.1) is 0 Å². The zero-order valence-corrected chi connectivity index (χ0v) is 9.87. The summed E-state index contributed by atoms with van der Waals surface area (Å²) in [5, 5.41) is 3.26. The van der Waals surface area contributed by atoms with Crippen LogP contribution in [0.1, 0.15) is 25.2 Å². The van der Waals surface area contributed by atoms with E-state index in [0.717, 1.165) is 17.9 Å². The number of ether oxygens (including phenoxy) is 1. The topological polar surface area (TPSA) is 47.0 Å². The Morgan fingerprint density at radius 1 is 1.27 bits per heavy atom. The van der Waals surface area contributed by atoms with Gasteiger partial charge < -0.3 is 10.1 Å². The number of aryl methyl sites for hydroxylation is 2. The Labute approximate surface area is 91.1 Å². The van der Waals surface area contributed by atoms with E-state index in [1.165, 1.54) is 0 Å². The first-order chi connectivity index (χ1) is 7.08. The summed E-state index contributed by atoms with van der Waals surface area (Å²) in [6.07, 6.45) is 0. The summed E-state index contributed by atoms with van der Waals surface area (Å²) in [5.41, 5.74) is 1.88. The quantitative estimate of drug-likeness (QED) is 0.746. The van der Waals surface area contributed by atoms with Crippen LogP contribution in [0.4, 0.5) is 0 Å². The molecule has 1 aromatic heterocycles. The van der Waals surface area contributed by atoms with Crippen molar-refractivity contribution in [1.82, 2.24) is 15.3 Å². The minimum Gasteiger partial charge on any atom is -0.462 e. The first-order valence-electron chi connectivity index (χ1n) is 5.26. The van der Waals surface area contributed by atoms with Gasteiger partial charge in [-0.2, -0.15) is 0 Å². The fraction of sp³-hybridized carbons (Fsp3) is 0.636. The normalized spacial score (nSPS) is 10.7. The summed E-state index contributed by atoms with van der Waals surface area (Å²) in [6, 6.07) is 2.88. The van der Waals surface area contributed by atoms with Gasteiger partial charge >= 0.3 is 6.01 Å². The van der Waals surface area contributed by atoms with E-state index >= 15 is 0 Å². The fourth-order valence-corrected chi connectivity index (χ4v) is 1.25. The second-order valence-corrected chi connectivity index (χ2v) is 3.89. The largest absolute Gasteiger partial charge is 0.462 e. The average Bonchev–Trinajstić information content (AvgIpc) is 2.10. The smallest absolute Gasteiger partial charge is 0.316 e. The maximum absolute atomic E-state index is 5.43. The summed E-state index contributed by atoms with van der Waals surface area (Å²) in [5.74, 6) is 0. The third-order valence-corrected chi connectivity index (χ3v) is 1.85. The van der Waals surface area contributed by atoms with Crippen molar-refractivity contribution < 1.29 is 4.74 Å². The minimum atomic E-state index is 0.470. The zero-order valence-electron chi connectivity index (χ0n) is 9.87. The van der Waals surface area contributed by atoms with Crippen molar-refractivity contribution in [3.63, 3.8) is 0 Å². The number of nitrogens with zero attached hydrogens (tertiary/aromatic N) is 2. The van der Waals surface area contributed by atoms with Crippen LogP contribution in [-0.2, 0) is 0 Å². The summed E-state index contributed by atoms with van der Waals surface area (Å²) < 4.78 is 5.43. The molecule has 1 rings (SSSR count). The highest BCUT2D eigenvalue weighted by molar-refractivity contribution is 5.10. The first kappa shape index (κ1) is 11.9. The minimum absolute atomic E-state index is 0.470. The Morgan fingerprint density at radius 3 is 2.40 bits per heavy atom. The summed E-state index contributed by atoms with van der Waals surface area (Å²) in [4.78, 5) is 8.38. The van der Waals surface area contributed by atoms with Crippen LogP contribution < -0.4 is 10.1 Å². The van der Waals surface area contributed by atoms with E-state index in [2.05, 4.69) is 29.1 Å². The first-order valence-corrected chi connectivity index (χ1v) is 5.26. The second-order valence-electron chi connectivity index (χ2n) is 3.89. The molecular formula is C11H19N3O. The van der Waals surface area contributed by atoms with Crippen molar-refractivity contribution in [1.29, 1.82) is 0 Å². The maximum atomic E-state index is 5.43. The van der Waals surface area contributed by atoms with Gasteiger partial charge in [-0.3, -0.25) is 0 Å². The molecule has 0 fully saturated rings. The van der Waals surface area contributed by atoms with Gasteiger partial charge in [0, 0.05) is 24.0 Å². The van der Waals surface area contributed by atoms with Crippen LogP contribution in [-0.4, -0.2) is 29.2 Å². The Hall–Kier alpha value is -1.16. The maximum Gasteiger partial charge on any atom is 0.316 e. The van der Waals surface area contributed by atoms with Crippen molar-refractivity contribution in [2.75, 3.05) is 13.2 Å². The number of hydrogen-bond donors (Lipinski definition) is 1. The lowest BCUT2D eigenvalue weighted by Crippen LogP contribution is -2.27. The molecule has 1 heterocycles. The number of nitrogens with one attached hydrogen (secondary N) is 1. The number of hydrogen-bond acceptors (Lipinski definition) is 4. The van der Waals surface area contributed by atoms with Crippen molar-refractivity contribution in [2.24, 2.45) is 0 Å². The molecule has 0 aliphatic carbocycles. The highest BCUT2D eigenvalue weighted by Crippen LogP contribution is 2.05. The van der Waals surface area contributed by atoms with Crippen molar-refractivity contribution in [3.05, 3.63) is 17.5 Å². The number of aromatic nitrogens is 2. The Bertz CT molecular complexity index is 292. The standard InChI is InChI=1S/C11H19N3O/c1-8(2)12-5-6-15-11-13-9(3)7-10(4)14-11/h7-8,12H,5-6H2,1-4H3. The third kappa shape index (κ3) is 4.74. The SMILES string of the molecule is Cc1cc(C)nc(OCCNC(C)C)n1. The molecule has 0 spiro atoms. The van der Waals surface area contributed by atoms with Crippen LogP contribution in [0.15, 0.2) is 6.07 Å². The molecule has 0 aliphatic rings. The number of rotatable bonds is 5.